The first-order valence-corrected chi connectivity index (χ1v) is 7.82. The van der Waals surface area contributed by atoms with Crippen LogP contribution >= 0.6 is 35.3 Å². The Morgan fingerprint density at radius 3 is 3.05 bits per heavy atom. The van der Waals surface area contributed by atoms with Gasteiger partial charge in [0.05, 0.1) is 13.2 Å². The van der Waals surface area contributed by atoms with Crippen LogP contribution in [0.15, 0.2) is 21.8 Å². The smallest absolute Gasteiger partial charge is 0.193 e. The molecular formula is C14H24IN3OS. The van der Waals surface area contributed by atoms with Gasteiger partial charge >= 0.3 is 0 Å². The molecule has 20 heavy (non-hydrogen) atoms. The molecule has 2 rings (SSSR count). The summed E-state index contributed by atoms with van der Waals surface area (Å²) in [4.78, 5) is 6.91. The number of rotatable bonds is 5. The van der Waals surface area contributed by atoms with E-state index in [1.807, 2.05) is 0 Å². The van der Waals surface area contributed by atoms with Crippen molar-refractivity contribution < 1.29 is 4.74 Å². The van der Waals surface area contributed by atoms with Crippen molar-refractivity contribution in [3.05, 3.63) is 22.4 Å². The molecule has 1 aliphatic rings. The minimum atomic E-state index is 0. The molecule has 0 saturated carbocycles. The van der Waals surface area contributed by atoms with E-state index in [2.05, 4.69) is 41.0 Å². The summed E-state index contributed by atoms with van der Waals surface area (Å²) in [7, 11) is 2.10. The normalized spacial score (nSPS) is 18.7. The Balaban J connectivity index is 0.00000200. The van der Waals surface area contributed by atoms with Crippen molar-refractivity contribution in [1.29, 1.82) is 0 Å². The molecule has 0 amide bonds. The van der Waals surface area contributed by atoms with Crippen molar-refractivity contribution in [2.45, 2.75) is 19.9 Å². The number of nitrogens with one attached hydrogen (secondary N) is 1. The van der Waals surface area contributed by atoms with Gasteiger partial charge in [-0.15, -0.1) is 24.0 Å². The summed E-state index contributed by atoms with van der Waals surface area (Å²) in [6, 6.07) is 2.13. The Morgan fingerprint density at radius 2 is 2.45 bits per heavy atom. The molecule has 1 saturated heterocycles. The highest BCUT2D eigenvalue weighted by Crippen LogP contribution is 2.13. The molecule has 0 spiro atoms. The summed E-state index contributed by atoms with van der Waals surface area (Å²) < 4.78 is 5.43. The minimum absolute atomic E-state index is 0. The van der Waals surface area contributed by atoms with Crippen LogP contribution in [0.2, 0.25) is 0 Å². The van der Waals surface area contributed by atoms with Crippen molar-refractivity contribution in [1.82, 2.24) is 10.2 Å². The van der Waals surface area contributed by atoms with E-state index in [4.69, 9.17) is 9.73 Å². The number of halogens is 1. The van der Waals surface area contributed by atoms with Crippen LogP contribution in [0.5, 0.6) is 0 Å². The van der Waals surface area contributed by atoms with Gasteiger partial charge in [0.1, 0.15) is 0 Å². The zero-order valence-corrected chi connectivity index (χ0v) is 15.3. The summed E-state index contributed by atoms with van der Waals surface area (Å²) >= 11 is 1.72. The number of guanidine groups is 1. The maximum absolute atomic E-state index is 5.43. The second-order valence-corrected chi connectivity index (χ2v) is 5.69. The van der Waals surface area contributed by atoms with Gasteiger partial charge in [-0.25, -0.2) is 4.99 Å². The lowest BCUT2D eigenvalue weighted by atomic mass is 10.1. The number of thiophene rings is 1. The van der Waals surface area contributed by atoms with E-state index < -0.39 is 0 Å². The van der Waals surface area contributed by atoms with Crippen LogP contribution in [0.25, 0.3) is 0 Å². The van der Waals surface area contributed by atoms with Crippen molar-refractivity contribution in [3.63, 3.8) is 0 Å². The largest absolute Gasteiger partial charge is 0.381 e. The Hall–Kier alpha value is -0.340. The third-order valence-corrected chi connectivity index (χ3v) is 3.98. The highest BCUT2D eigenvalue weighted by molar-refractivity contribution is 14.0. The van der Waals surface area contributed by atoms with Crippen molar-refractivity contribution in [3.8, 4) is 0 Å². The summed E-state index contributed by atoms with van der Waals surface area (Å²) in [6.45, 7) is 6.54. The van der Waals surface area contributed by atoms with Crippen LogP contribution in [-0.4, -0.2) is 44.2 Å². The molecule has 1 aromatic heterocycles. The first-order chi connectivity index (χ1) is 9.29. The third-order valence-electron chi connectivity index (χ3n) is 3.24. The number of nitrogens with zero attached hydrogens (tertiary/aromatic N) is 2. The van der Waals surface area contributed by atoms with Crippen LogP contribution in [0.1, 0.15) is 18.9 Å². The van der Waals surface area contributed by atoms with Crippen LogP contribution in [0.4, 0.5) is 0 Å². The fourth-order valence-electron chi connectivity index (χ4n) is 2.22. The van der Waals surface area contributed by atoms with Gasteiger partial charge in [0.25, 0.3) is 0 Å². The van der Waals surface area contributed by atoms with E-state index in [-0.39, 0.29) is 24.0 Å². The van der Waals surface area contributed by atoms with Gasteiger partial charge in [-0.1, -0.05) is 0 Å². The first-order valence-electron chi connectivity index (χ1n) is 6.88. The quantitative estimate of drug-likeness (QED) is 0.462. The van der Waals surface area contributed by atoms with Gasteiger partial charge < -0.3 is 15.0 Å². The van der Waals surface area contributed by atoms with E-state index >= 15 is 0 Å². The third kappa shape index (κ3) is 5.57. The number of hydrogen-bond acceptors (Lipinski definition) is 3. The van der Waals surface area contributed by atoms with Crippen LogP contribution in [-0.2, 0) is 11.3 Å². The fourth-order valence-corrected chi connectivity index (χ4v) is 2.88. The van der Waals surface area contributed by atoms with Gasteiger partial charge in [0.15, 0.2) is 5.96 Å². The molecule has 1 fully saturated rings. The van der Waals surface area contributed by atoms with Gasteiger partial charge in [0, 0.05) is 32.7 Å². The maximum Gasteiger partial charge on any atom is 0.193 e. The summed E-state index contributed by atoms with van der Waals surface area (Å²) in [5, 5.41) is 7.60. The Labute approximate surface area is 142 Å². The zero-order valence-electron chi connectivity index (χ0n) is 12.2. The molecule has 1 N–H and O–H groups in total. The lowest BCUT2D eigenvalue weighted by Gasteiger charge is -2.24. The van der Waals surface area contributed by atoms with E-state index in [0.29, 0.717) is 5.92 Å². The van der Waals surface area contributed by atoms with Crippen LogP contribution in [0, 0.1) is 5.92 Å². The Bertz CT molecular complexity index is 391. The average Bonchev–Trinajstić information content (AvgIpc) is 3.07. The highest BCUT2D eigenvalue weighted by atomic mass is 127. The predicted octanol–water partition coefficient (Wildman–Crippen LogP) is 2.80. The molecular weight excluding hydrogens is 385 g/mol. The Kier molecular flexibility index (Phi) is 8.47. The van der Waals surface area contributed by atoms with E-state index in [0.717, 1.165) is 45.2 Å². The lowest BCUT2D eigenvalue weighted by molar-refractivity contribution is 0.181. The number of aliphatic imine (C=N–C) groups is 1. The van der Waals surface area contributed by atoms with Crippen molar-refractivity contribution in [2.75, 3.05) is 33.4 Å². The Morgan fingerprint density at radius 1 is 1.60 bits per heavy atom. The SMILES string of the molecule is CCNC(=NCc1ccsc1)N(C)CC1CCOC1.I. The van der Waals surface area contributed by atoms with E-state index in [9.17, 15) is 0 Å². The maximum atomic E-state index is 5.43. The summed E-state index contributed by atoms with van der Waals surface area (Å²) in [5.41, 5.74) is 1.28. The van der Waals surface area contributed by atoms with Crippen molar-refractivity contribution >= 4 is 41.3 Å². The summed E-state index contributed by atoms with van der Waals surface area (Å²) in [5.74, 6) is 1.62. The molecule has 1 aromatic rings. The number of ether oxygens (including phenoxy) is 1. The number of hydrogen-bond donors (Lipinski definition) is 1. The molecule has 2 heterocycles. The summed E-state index contributed by atoms with van der Waals surface area (Å²) in [6.07, 6.45) is 1.16. The predicted molar refractivity (Wildman–Crippen MR) is 96.1 cm³/mol. The van der Waals surface area contributed by atoms with Gasteiger partial charge in [-0.2, -0.15) is 11.3 Å². The molecule has 0 aromatic carbocycles. The van der Waals surface area contributed by atoms with E-state index in [1.165, 1.54) is 5.56 Å². The van der Waals surface area contributed by atoms with Gasteiger partial charge in [-0.3, -0.25) is 0 Å². The second-order valence-electron chi connectivity index (χ2n) is 4.91. The second kappa shape index (κ2) is 9.57. The first kappa shape index (κ1) is 17.7. The minimum Gasteiger partial charge on any atom is -0.381 e. The molecule has 4 nitrogen and oxygen atoms in total. The molecule has 0 bridgehead atoms. The molecule has 114 valence electrons. The van der Waals surface area contributed by atoms with Gasteiger partial charge in [-0.05, 0) is 35.7 Å². The van der Waals surface area contributed by atoms with Gasteiger partial charge in [0.2, 0.25) is 0 Å². The molecule has 1 aliphatic heterocycles. The standard InChI is InChI=1S/C14H23N3OS.HI/c1-3-15-14(16-8-12-5-7-19-11-12)17(2)9-13-4-6-18-10-13;/h5,7,11,13H,3-4,6,8-10H2,1-2H3,(H,15,16);1H. The van der Waals surface area contributed by atoms with Crippen LogP contribution < -0.4 is 5.32 Å². The topological polar surface area (TPSA) is 36.9 Å². The molecule has 0 radical (unpaired) electrons. The lowest BCUT2D eigenvalue weighted by Crippen LogP contribution is -2.41. The van der Waals surface area contributed by atoms with Crippen molar-refractivity contribution in [2.24, 2.45) is 10.9 Å². The zero-order chi connectivity index (χ0) is 13.5. The molecule has 1 unspecified atom stereocenters. The van der Waals surface area contributed by atoms with E-state index in [1.54, 1.807) is 11.3 Å². The monoisotopic (exact) mass is 409 g/mol. The molecule has 6 heteroatoms. The van der Waals surface area contributed by atoms with Crippen LogP contribution in [0.3, 0.4) is 0 Å². The molecule has 1 atom stereocenters. The fraction of sp³-hybridized carbons (Fsp3) is 0.643. The average molecular weight is 409 g/mol. The molecule has 0 aliphatic carbocycles. The highest BCUT2D eigenvalue weighted by Gasteiger charge is 2.18.